The molecule has 7 heteroatoms. The lowest BCUT2D eigenvalue weighted by molar-refractivity contribution is -0.240. The average Bonchev–Trinajstić information content (AvgIpc) is 2.61. The van der Waals surface area contributed by atoms with E-state index in [1.54, 1.807) is 6.92 Å². The van der Waals surface area contributed by atoms with E-state index in [0.29, 0.717) is 25.8 Å². The van der Waals surface area contributed by atoms with Gasteiger partial charge < -0.3 is 19.5 Å². The van der Waals surface area contributed by atoms with Gasteiger partial charge in [-0.2, -0.15) is 0 Å². The molecular formula is C18H29NO6. The smallest absolute Gasteiger partial charge is 0.328 e. The average molecular weight is 355 g/mol. The predicted molar refractivity (Wildman–Crippen MR) is 89.5 cm³/mol. The summed E-state index contributed by atoms with van der Waals surface area (Å²) in [6.07, 6.45) is 3.30. The van der Waals surface area contributed by atoms with Crippen molar-refractivity contribution in [3.63, 3.8) is 0 Å². The monoisotopic (exact) mass is 355 g/mol. The van der Waals surface area contributed by atoms with Gasteiger partial charge in [-0.1, -0.05) is 20.8 Å². The fourth-order valence-electron chi connectivity index (χ4n) is 3.29. The van der Waals surface area contributed by atoms with Gasteiger partial charge in [-0.25, -0.2) is 4.79 Å². The first kappa shape index (κ1) is 19.8. The Balaban J connectivity index is 2.11. The SMILES string of the molecule is CC(C)COC(=O)C1CCCCN1C(=O)C(=O)C1(O)OCCCC1C. The standard InChI is InChI=1S/C18H29NO6/c1-12(2)11-24-17(22)14-8-4-5-9-19(14)16(21)15(20)18(23)13(3)7-6-10-25-18/h12-14,23H,4-11H2,1-3H3. The molecule has 2 aliphatic heterocycles. The second-order valence-electron chi connectivity index (χ2n) is 7.45. The summed E-state index contributed by atoms with van der Waals surface area (Å²) >= 11 is 0. The zero-order chi connectivity index (χ0) is 18.6. The maximum absolute atomic E-state index is 12.7. The molecule has 3 unspecified atom stereocenters. The lowest BCUT2D eigenvalue weighted by atomic mass is 9.88. The first-order chi connectivity index (χ1) is 11.8. The molecule has 7 nitrogen and oxygen atoms in total. The molecule has 0 spiro atoms. The summed E-state index contributed by atoms with van der Waals surface area (Å²) in [5.74, 6) is -4.70. The molecule has 0 aromatic rings. The molecular weight excluding hydrogens is 326 g/mol. The third-order valence-corrected chi connectivity index (χ3v) is 4.89. The Kier molecular flexibility index (Phi) is 6.57. The van der Waals surface area contributed by atoms with Gasteiger partial charge in [0.05, 0.1) is 13.2 Å². The molecule has 2 heterocycles. The van der Waals surface area contributed by atoms with Gasteiger partial charge in [-0.05, 0) is 38.0 Å². The Hall–Kier alpha value is -1.47. The number of Topliss-reactive ketones (excluding diaryl/α,β-unsaturated/α-hetero) is 1. The minimum atomic E-state index is -2.10. The zero-order valence-electron chi connectivity index (χ0n) is 15.3. The molecule has 0 saturated carbocycles. The van der Waals surface area contributed by atoms with E-state index in [-0.39, 0.29) is 19.1 Å². The van der Waals surface area contributed by atoms with Crippen molar-refractivity contribution >= 4 is 17.7 Å². The molecule has 0 radical (unpaired) electrons. The van der Waals surface area contributed by atoms with E-state index < -0.39 is 35.4 Å². The maximum Gasteiger partial charge on any atom is 0.328 e. The van der Waals surface area contributed by atoms with Gasteiger partial charge in [-0.3, -0.25) is 9.59 Å². The van der Waals surface area contributed by atoms with Crippen molar-refractivity contribution in [2.75, 3.05) is 19.8 Å². The molecule has 2 rings (SSSR count). The normalized spacial score (nSPS) is 30.2. The van der Waals surface area contributed by atoms with Crippen LogP contribution in [-0.4, -0.2) is 59.3 Å². The molecule has 25 heavy (non-hydrogen) atoms. The van der Waals surface area contributed by atoms with Gasteiger partial charge >= 0.3 is 5.97 Å². The van der Waals surface area contributed by atoms with E-state index in [1.807, 2.05) is 13.8 Å². The molecule has 2 fully saturated rings. The predicted octanol–water partition coefficient (Wildman–Crippen LogP) is 1.27. The van der Waals surface area contributed by atoms with Crippen LogP contribution in [0.25, 0.3) is 0 Å². The van der Waals surface area contributed by atoms with E-state index in [4.69, 9.17) is 9.47 Å². The van der Waals surface area contributed by atoms with Crippen molar-refractivity contribution in [1.29, 1.82) is 0 Å². The highest BCUT2D eigenvalue weighted by Gasteiger charge is 2.50. The van der Waals surface area contributed by atoms with Crippen molar-refractivity contribution in [3.05, 3.63) is 0 Å². The number of carbonyl (C=O) groups excluding carboxylic acids is 3. The van der Waals surface area contributed by atoms with Gasteiger partial charge in [0.2, 0.25) is 5.79 Å². The maximum atomic E-state index is 12.7. The number of carbonyl (C=O) groups is 3. The van der Waals surface area contributed by atoms with Gasteiger partial charge in [0.25, 0.3) is 11.7 Å². The summed E-state index contributed by atoms with van der Waals surface area (Å²) in [5, 5.41) is 10.6. The number of rotatable bonds is 5. The first-order valence-corrected chi connectivity index (χ1v) is 9.15. The van der Waals surface area contributed by atoms with Crippen LogP contribution in [0, 0.1) is 11.8 Å². The van der Waals surface area contributed by atoms with E-state index in [0.717, 1.165) is 12.8 Å². The van der Waals surface area contributed by atoms with Gasteiger partial charge in [0.15, 0.2) is 0 Å². The molecule has 2 saturated heterocycles. The second kappa shape index (κ2) is 8.27. The van der Waals surface area contributed by atoms with Crippen LogP contribution in [0.15, 0.2) is 0 Å². The number of aliphatic hydroxyl groups is 1. The number of hydrogen-bond donors (Lipinski definition) is 1. The lowest BCUT2D eigenvalue weighted by Gasteiger charge is -2.39. The van der Waals surface area contributed by atoms with Gasteiger partial charge in [-0.15, -0.1) is 0 Å². The zero-order valence-corrected chi connectivity index (χ0v) is 15.3. The number of hydrogen-bond acceptors (Lipinski definition) is 6. The minimum absolute atomic E-state index is 0.190. The molecule has 0 bridgehead atoms. The Morgan fingerprint density at radius 1 is 1.24 bits per heavy atom. The van der Waals surface area contributed by atoms with Crippen LogP contribution in [0.2, 0.25) is 0 Å². The number of piperidine rings is 1. The fraction of sp³-hybridized carbons (Fsp3) is 0.833. The number of ketones is 1. The summed E-state index contributed by atoms with van der Waals surface area (Å²) in [6, 6.07) is -0.772. The fourth-order valence-corrected chi connectivity index (χ4v) is 3.29. The number of esters is 1. The highest BCUT2D eigenvalue weighted by molar-refractivity contribution is 6.39. The van der Waals surface area contributed by atoms with Crippen molar-refractivity contribution < 1.29 is 29.0 Å². The number of nitrogens with zero attached hydrogens (tertiary/aromatic N) is 1. The van der Waals surface area contributed by atoms with Crippen LogP contribution in [0.1, 0.15) is 52.9 Å². The number of amides is 1. The molecule has 0 aromatic carbocycles. The Bertz CT molecular complexity index is 520. The molecule has 142 valence electrons. The Morgan fingerprint density at radius 2 is 1.96 bits per heavy atom. The Labute approximate surface area is 148 Å². The lowest BCUT2D eigenvalue weighted by Crippen LogP contribution is -2.59. The Morgan fingerprint density at radius 3 is 2.60 bits per heavy atom. The summed E-state index contributed by atoms with van der Waals surface area (Å²) in [7, 11) is 0. The molecule has 1 N–H and O–H groups in total. The second-order valence-corrected chi connectivity index (χ2v) is 7.45. The van der Waals surface area contributed by atoms with Crippen molar-refractivity contribution in [3.8, 4) is 0 Å². The van der Waals surface area contributed by atoms with Gasteiger partial charge in [0, 0.05) is 12.5 Å². The molecule has 0 aromatic heterocycles. The van der Waals surface area contributed by atoms with Crippen molar-refractivity contribution in [1.82, 2.24) is 4.90 Å². The van der Waals surface area contributed by atoms with Crippen LogP contribution >= 0.6 is 0 Å². The van der Waals surface area contributed by atoms with Crippen molar-refractivity contribution in [2.24, 2.45) is 11.8 Å². The highest BCUT2D eigenvalue weighted by Crippen LogP contribution is 2.31. The van der Waals surface area contributed by atoms with E-state index >= 15 is 0 Å². The molecule has 2 aliphatic rings. The van der Waals surface area contributed by atoms with Crippen molar-refractivity contribution in [2.45, 2.75) is 64.7 Å². The third-order valence-electron chi connectivity index (χ3n) is 4.89. The van der Waals surface area contributed by atoms with E-state index in [9.17, 15) is 19.5 Å². The van der Waals surface area contributed by atoms with Gasteiger partial charge in [0.1, 0.15) is 6.04 Å². The molecule has 3 atom stereocenters. The summed E-state index contributed by atoms with van der Waals surface area (Å²) in [6.45, 7) is 6.36. The summed E-state index contributed by atoms with van der Waals surface area (Å²) < 4.78 is 10.5. The molecule has 1 amide bonds. The number of ether oxygens (including phenoxy) is 2. The largest absolute Gasteiger partial charge is 0.464 e. The van der Waals surface area contributed by atoms with Crippen LogP contribution in [0.4, 0.5) is 0 Å². The highest BCUT2D eigenvalue weighted by atomic mass is 16.6. The van der Waals surface area contributed by atoms with E-state index in [2.05, 4.69) is 0 Å². The quantitative estimate of drug-likeness (QED) is 0.590. The topological polar surface area (TPSA) is 93.1 Å². The summed E-state index contributed by atoms with van der Waals surface area (Å²) in [5.41, 5.74) is 0. The third kappa shape index (κ3) is 4.39. The van der Waals surface area contributed by atoms with E-state index in [1.165, 1.54) is 4.90 Å². The van der Waals surface area contributed by atoms with Crippen LogP contribution in [0.3, 0.4) is 0 Å². The van der Waals surface area contributed by atoms with Crippen LogP contribution in [0.5, 0.6) is 0 Å². The summed E-state index contributed by atoms with van der Waals surface area (Å²) in [4.78, 5) is 39.0. The van der Waals surface area contributed by atoms with Crippen LogP contribution < -0.4 is 0 Å². The number of likely N-dealkylation sites (tertiary alicyclic amines) is 1. The van der Waals surface area contributed by atoms with Crippen LogP contribution in [-0.2, 0) is 23.9 Å². The molecule has 0 aliphatic carbocycles. The minimum Gasteiger partial charge on any atom is -0.464 e. The first-order valence-electron chi connectivity index (χ1n) is 9.15.